The van der Waals surface area contributed by atoms with Crippen LogP contribution in [0.4, 0.5) is 5.69 Å². The first-order valence-electron chi connectivity index (χ1n) is 5.18. The van der Waals surface area contributed by atoms with Crippen molar-refractivity contribution in [1.82, 2.24) is 0 Å². The molecule has 0 unspecified atom stereocenters. The van der Waals surface area contributed by atoms with Gasteiger partial charge in [0, 0.05) is 5.69 Å². The van der Waals surface area contributed by atoms with Gasteiger partial charge in [0.05, 0.1) is 12.2 Å². The van der Waals surface area contributed by atoms with Crippen LogP contribution in [-0.4, -0.2) is 24.6 Å². The number of nitrogens with two attached hydrogens (primary N) is 1. The van der Waals surface area contributed by atoms with Crippen LogP contribution >= 0.6 is 11.8 Å². The summed E-state index contributed by atoms with van der Waals surface area (Å²) in [6.45, 7) is 2.29. The maximum Gasteiger partial charge on any atom is 0.338 e. The van der Waals surface area contributed by atoms with Crippen LogP contribution in [0.25, 0.3) is 0 Å². The molecular formula is C12H17NO2S. The van der Waals surface area contributed by atoms with Gasteiger partial charge in [0.25, 0.3) is 0 Å². The van der Waals surface area contributed by atoms with Crippen molar-refractivity contribution < 1.29 is 9.53 Å². The molecule has 0 amide bonds. The van der Waals surface area contributed by atoms with Crippen molar-refractivity contribution in [2.75, 3.05) is 24.3 Å². The molecule has 16 heavy (non-hydrogen) atoms. The number of carbonyl (C=O) groups is 1. The highest BCUT2D eigenvalue weighted by molar-refractivity contribution is 7.98. The number of ether oxygens (including phenoxy) is 1. The topological polar surface area (TPSA) is 52.3 Å². The van der Waals surface area contributed by atoms with E-state index in [1.807, 2.05) is 13.2 Å². The second kappa shape index (κ2) is 6.43. The summed E-state index contributed by atoms with van der Waals surface area (Å²) in [6, 6.07) is 5.28. The van der Waals surface area contributed by atoms with E-state index in [9.17, 15) is 4.79 Å². The minimum atomic E-state index is -0.286. The maximum atomic E-state index is 11.7. The molecule has 1 aromatic carbocycles. The monoisotopic (exact) mass is 239 g/mol. The number of rotatable bonds is 5. The third-order valence-corrected chi connectivity index (χ3v) is 3.02. The number of hydrogen-bond acceptors (Lipinski definition) is 4. The van der Waals surface area contributed by atoms with Gasteiger partial charge in [0.2, 0.25) is 0 Å². The number of anilines is 1. The summed E-state index contributed by atoms with van der Waals surface area (Å²) < 4.78 is 5.16. The molecule has 0 aliphatic carbocycles. The zero-order chi connectivity index (χ0) is 12.0. The summed E-state index contributed by atoms with van der Waals surface area (Å²) >= 11 is 1.74. The summed E-state index contributed by atoms with van der Waals surface area (Å²) in [5, 5.41) is 0. The van der Waals surface area contributed by atoms with Crippen molar-refractivity contribution in [3.63, 3.8) is 0 Å². The van der Waals surface area contributed by atoms with Crippen LogP contribution in [0.5, 0.6) is 0 Å². The minimum absolute atomic E-state index is 0.286. The molecule has 2 N–H and O–H groups in total. The number of nitrogen functional groups attached to an aromatic ring is 1. The lowest BCUT2D eigenvalue weighted by Gasteiger charge is -2.08. The Morgan fingerprint density at radius 1 is 1.50 bits per heavy atom. The summed E-state index contributed by atoms with van der Waals surface area (Å²) in [5.74, 6) is 0.717. The molecule has 0 saturated carbocycles. The van der Waals surface area contributed by atoms with Gasteiger partial charge in [-0.15, -0.1) is 0 Å². The van der Waals surface area contributed by atoms with Crippen molar-refractivity contribution in [2.45, 2.75) is 13.3 Å². The predicted octanol–water partition coefficient (Wildman–Crippen LogP) is 2.49. The van der Waals surface area contributed by atoms with E-state index < -0.39 is 0 Å². The summed E-state index contributed by atoms with van der Waals surface area (Å²) in [6.07, 6.45) is 2.91. The first-order valence-corrected chi connectivity index (χ1v) is 6.57. The van der Waals surface area contributed by atoms with Gasteiger partial charge in [-0.3, -0.25) is 0 Å². The zero-order valence-electron chi connectivity index (χ0n) is 9.66. The Hall–Kier alpha value is -1.16. The standard InChI is InChI=1S/C12H17NO2S/c1-9-10(5-3-6-11(9)13)12(14)15-7-4-8-16-2/h3,5-6H,4,7-8,13H2,1-2H3. The van der Waals surface area contributed by atoms with Crippen molar-refractivity contribution in [3.8, 4) is 0 Å². The molecule has 4 heteroatoms. The third kappa shape index (κ3) is 3.45. The highest BCUT2D eigenvalue weighted by Gasteiger charge is 2.11. The van der Waals surface area contributed by atoms with E-state index in [1.165, 1.54) is 0 Å². The Bertz CT molecular complexity index is 366. The lowest BCUT2D eigenvalue weighted by molar-refractivity contribution is 0.0505. The SMILES string of the molecule is CSCCCOC(=O)c1cccc(N)c1C. The van der Waals surface area contributed by atoms with E-state index in [1.54, 1.807) is 30.0 Å². The number of hydrogen-bond donors (Lipinski definition) is 1. The Morgan fingerprint density at radius 3 is 2.94 bits per heavy atom. The molecule has 0 bridgehead atoms. The fourth-order valence-corrected chi connectivity index (χ4v) is 1.73. The van der Waals surface area contributed by atoms with Crippen LogP contribution in [0.2, 0.25) is 0 Å². The van der Waals surface area contributed by atoms with Crippen LogP contribution in [0.3, 0.4) is 0 Å². The van der Waals surface area contributed by atoms with Gasteiger partial charge in [0.15, 0.2) is 0 Å². The molecule has 0 aliphatic heterocycles. The molecule has 1 rings (SSSR count). The maximum absolute atomic E-state index is 11.7. The molecule has 0 saturated heterocycles. The van der Waals surface area contributed by atoms with Gasteiger partial charge >= 0.3 is 5.97 Å². The average molecular weight is 239 g/mol. The van der Waals surface area contributed by atoms with Crippen molar-refractivity contribution in [1.29, 1.82) is 0 Å². The first-order chi connectivity index (χ1) is 7.66. The number of esters is 1. The van der Waals surface area contributed by atoms with Gasteiger partial charge in [-0.05, 0) is 43.0 Å². The normalized spacial score (nSPS) is 10.1. The fraction of sp³-hybridized carbons (Fsp3) is 0.417. The van der Waals surface area contributed by atoms with Gasteiger partial charge in [-0.25, -0.2) is 4.79 Å². The van der Waals surface area contributed by atoms with E-state index in [0.29, 0.717) is 17.9 Å². The van der Waals surface area contributed by atoms with Crippen LogP contribution < -0.4 is 5.73 Å². The largest absolute Gasteiger partial charge is 0.462 e. The molecule has 0 heterocycles. The van der Waals surface area contributed by atoms with Crippen molar-refractivity contribution in [2.24, 2.45) is 0 Å². The van der Waals surface area contributed by atoms with Gasteiger partial charge in [-0.2, -0.15) is 11.8 Å². The summed E-state index contributed by atoms with van der Waals surface area (Å²) in [4.78, 5) is 11.7. The molecule has 88 valence electrons. The van der Waals surface area contributed by atoms with Gasteiger partial charge in [0.1, 0.15) is 0 Å². The minimum Gasteiger partial charge on any atom is -0.462 e. The lowest BCUT2D eigenvalue weighted by atomic mass is 10.1. The smallest absolute Gasteiger partial charge is 0.338 e. The Morgan fingerprint density at radius 2 is 2.25 bits per heavy atom. The Kier molecular flexibility index (Phi) is 5.19. The van der Waals surface area contributed by atoms with Gasteiger partial charge < -0.3 is 10.5 Å². The first kappa shape index (κ1) is 12.9. The Labute approximate surface area is 100 Å². The number of benzene rings is 1. The van der Waals surface area contributed by atoms with Crippen molar-refractivity contribution >= 4 is 23.4 Å². The van der Waals surface area contributed by atoms with Crippen LogP contribution in [-0.2, 0) is 4.74 Å². The van der Waals surface area contributed by atoms with E-state index in [0.717, 1.165) is 17.7 Å². The van der Waals surface area contributed by atoms with E-state index in [2.05, 4.69) is 0 Å². The van der Waals surface area contributed by atoms with Crippen LogP contribution in [0.1, 0.15) is 22.3 Å². The second-order valence-corrected chi connectivity index (χ2v) is 4.49. The number of carbonyl (C=O) groups excluding carboxylic acids is 1. The molecule has 0 aliphatic rings. The zero-order valence-corrected chi connectivity index (χ0v) is 10.5. The molecule has 0 radical (unpaired) electrons. The Balaban J connectivity index is 2.56. The second-order valence-electron chi connectivity index (χ2n) is 3.50. The third-order valence-electron chi connectivity index (χ3n) is 2.32. The average Bonchev–Trinajstić information content (AvgIpc) is 2.28. The van der Waals surface area contributed by atoms with Crippen LogP contribution in [0, 0.1) is 6.92 Å². The van der Waals surface area contributed by atoms with Gasteiger partial charge in [-0.1, -0.05) is 6.07 Å². The summed E-state index contributed by atoms with van der Waals surface area (Å²) in [7, 11) is 0. The van der Waals surface area contributed by atoms with Crippen LogP contribution in [0.15, 0.2) is 18.2 Å². The predicted molar refractivity (Wildman–Crippen MR) is 68.9 cm³/mol. The number of thioether (sulfide) groups is 1. The van der Waals surface area contributed by atoms with E-state index >= 15 is 0 Å². The van der Waals surface area contributed by atoms with E-state index in [-0.39, 0.29) is 5.97 Å². The summed E-state index contributed by atoms with van der Waals surface area (Å²) in [5.41, 5.74) is 7.70. The quantitative estimate of drug-likeness (QED) is 0.487. The van der Waals surface area contributed by atoms with E-state index in [4.69, 9.17) is 10.5 Å². The fourth-order valence-electron chi connectivity index (χ4n) is 1.32. The molecule has 3 nitrogen and oxygen atoms in total. The molecule has 1 aromatic rings. The molecule has 0 aromatic heterocycles. The molecule has 0 atom stereocenters. The van der Waals surface area contributed by atoms with Crippen molar-refractivity contribution in [3.05, 3.63) is 29.3 Å². The highest BCUT2D eigenvalue weighted by atomic mass is 32.2. The molecular weight excluding hydrogens is 222 g/mol. The molecule has 0 fully saturated rings. The highest BCUT2D eigenvalue weighted by Crippen LogP contribution is 2.16. The molecule has 0 spiro atoms. The lowest BCUT2D eigenvalue weighted by Crippen LogP contribution is -2.09.